The van der Waals surface area contributed by atoms with E-state index < -0.39 is 0 Å². The van der Waals surface area contributed by atoms with Gasteiger partial charge in [-0.2, -0.15) is 0 Å². The van der Waals surface area contributed by atoms with E-state index in [1.807, 2.05) is 18.9 Å². The topological polar surface area (TPSA) is 73.5 Å². The molecule has 2 aliphatic rings. The second-order valence-corrected chi connectivity index (χ2v) is 7.01. The Balaban J connectivity index is 1.67. The zero-order chi connectivity index (χ0) is 16.7. The van der Waals surface area contributed by atoms with Crippen LogP contribution in [0, 0.1) is 5.92 Å². The Morgan fingerprint density at radius 3 is 2.13 bits per heavy atom. The number of carbonyl (C=O) groups excluding carboxylic acids is 2. The number of hydrogen-bond donors (Lipinski definition) is 3. The number of nitrogens with zero attached hydrogens (tertiary/aromatic N) is 1. The molecule has 1 saturated heterocycles. The molecule has 0 spiro atoms. The third kappa shape index (κ3) is 5.68. The SMILES string of the molecule is CNCC(C)C(=O)N1CCC(NC(=O)NC2CCCCC2)CC1. The molecule has 23 heavy (non-hydrogen) atoms. The highest BCUT2D eigenvalue weighted by Gasteiger charge is 2.26. The Labute approximate surface area is 139 Å². The van der Waals surface area contributed by atoms with Crippen LogP contribution in [0.1, 0.15) is 51.9 Å². The van der Waals surface area contributed by atoms with Gasteiger partial charge in [0.25, 0.3) is 0 Å². The van der Waals surface area contributed by atoms with Crippen LogP contribution in [0.15, 0.2) is 0 Å². The number of piperidine rings is 1. The first kappa shape index (κ1) is 18.0. The molecule has 1 saturated carbocycles. The fourth-order valence-corrected chi connectivity index (χ4v) is 3.61. The Kier molecular flexibility index (Phi) is 7.15. The van der Waals surface area contributed by atoms with Gasteiger partial charge in [-0.15, -0.1) is 0 Å². The van der Waals surface area contributed by atoms with Gasteiger partial charge in [0.1, 0.15) is 0 Å². The molecule has 0 bridgehead atoms. The summed E-state index contributed by atoms with van der Waals surface area (Å²) < 4.78 is 0. The maximum Gasteiger partial charge on any atom is 0.315 e. The number of hydrogen-bond acceptors (Lipinski definition) is 3. The molecular formula is C17H32N4O2. The summed E-state index contributed by atoms with van der Waals surface area (Å²) in [6.45, 7) is 4.14. The molecule has 132 valence electrons. The van der Waals surface area contributed by atoms with Crippen LogP contribution in [0.25, 0.3) is 0 Å². The number of likely N-dealkylation sites (tertiary alicyclic amines) is 1. The smallest absolute Gasteiger partial charge is 0.315 e. The van der Waals surface area contributed by atoms with E-state index in [9.17, 15) is 9.59 Å². The maximum absolute atomic E-state index is 12.3. The van der Waals surface area contributed by atoms with Crippen molar-refractivity contribution in [2.24, 2.45) is 5.92 Å². The molecule has 0 aromatic carbocycles. The first-order valence-corrected chi connectivity index (χ1v) is 9.10. The van der Waals surface area contributed by atoms with Crippen molar-refractivity contribution in [3.8, 4) is 0 Å². The second-order valence-electron chi connectivity index (χ2n) is 7.01. The van der Waals surface area contributed by atoms with E-state index in [4.69, 9.17) is 0 Å². The summed E-state index contributed by atoms with van der Waals surface area (Å²) in [4.78, 5) is 26.3. The lowest BCUT2D eigenvalue weighted by Crippen LogP contribution is -2.52. The van der Waals surface area contributed by atoms with Crippen LogP contribution in [0.4, 0.5) is 4.79 Å². The standard InChI is InChI=1S/C17H32N4O2/c1-13(12-18-2)16(22)21-10-8-15(9-11-21)20-17(23)19-14-6-4-3-5-7-14/h13-15,18H,3-12H2,1-2H3,(H2,19,20,23). The van der Waals surface area contributed by atoms with Gasteiger partial charge in [-0.3, -0.25) is 4.79 Å². The van der Waals surface area contributed by atoms with E-state index in [0.29, 0.717) is 12.6 Å². The summed E-state index contributed by atoms with van der Waals surface area (Å²) in [5, 5.41) is 9.22. The van der Waals surface area contributed by atoms with Gasteiger partial charge >= 0.3 is 6.03 Å². The van der Waals surface area contributed by atoms with E-state index in [0.717, 1.165) is 38.8 Å². The number of nitrogens with one attached hydrogen (secondary N) is 3. The maximum atomic E-state index is 12.3. The number of urea groups is 1. The van der Waals surface area contributed by atoms with Crippen LogP contribution in [0.2, 0.25) is 0 Å². The predicted molar refractivity (Wildman–Crippen MR) is 91.2 cm³/mol. The van der Waals surface area contributed by atoms with E-state index in [1.165, 1.54) is 19.3 Å². The monoisotopic (exact) mass is 324 g/mol. The van der Waals surface area contributed by atoms with Gasteiger partial charge in [-0.05, 0) is 32.7 Å². The van der Waals surface area contributed by atoms with Crippen LogP contribution < -0.4 is 16.0 Å². The number of amides is 3. The number of rotatable bonds is 5. The third-order valence-electron chi connectivity index (χ3n) is 5.01. The second kappa shape index (κ2) is 9.11. The van der Waals surface area contributed by atoms with E-state index in [2.05, 4.69) is 16.0 Å². The highest BCUT2D eigenvalue weighted by Crippen LogP contribution is 2.17. The molecular weight excluding hydrogens is 292 g/mol. The minimum Gasteiger partial charge on any atom is -0.342 e. The number of carbonyl (C=O) groups is 2. The summed E-state index contributed by atoms with van der Waals surface area (Å²) in [7, 11) is 1.87. The lowest BCUT2D eigenvalue weighted by Gasteiger charge is -2.34. The molecule has 1 atom stereocenters. The highest BCUT2D eigenvalue weighted by molar-refractivity contribution is 5.79. The molecule has 1 aliphatic carbocycles. The molecule has 1 aliphatic heterocycles. The van der Waals surface area contributed by atoms with Crippen LogP contribution >= 0.6 is 0 Å². The van der Waals surface area contributed by atoms with Crippen LogP contribution in [-0.2, 0) is 4.79 Å². The summed E-state index contributed by atoms with van der Waals surface area (Å²) in [6.07, 6.45) is 7.62. The molecule has 2 rings (SSSR count). The van der Waals surface area contributed by atoms with Crippen molar-refractivity contribution in [2.45, 2.75) is 64.0 Å². The Hall–Kier alpha value is -1.30. The van der Waals surface area contributed by atoms with Crippen molar-refractivity contribution in [1.82, 2.24) is 20.9 Å². The molecule has 1 heterocycles. The van der Waals surface area contributed by atoms with Crippen molar-refractivity contribution >= 4 is 11.9 Å². The Morgan fingerprint density at radius 1 is 1.00 bits per heavy atom. The van der Waals surface area contributed by atoms with E-state index in [1.54, 1.807) is 0 Å². The molecule has 0 aromatic heterocycles. The minimum atomic E-state index is -0.0368. The van der Waals surface area contributed by atoms with Crippen molar-refractivity contribution in [3.63, 3.8) is 0 Å². The zero-order valence-corrected chi connectivity index (χ0v) is 14.6. The first-order valence-electron chi connectivity index (χ1n) is 9.10. The summed E-state index contributed by atoms with van der Waals surface area (Å²) in [5.74, 6) is 0.226. The first-order chi connectivity index (χ1) is 11.1. The molecule has 1 unspecified atom stereocenters. The minimum absolute atomic E-state index is 0.0131. The lowest BCUT2D eigenvalue weighted by atomic mass is 9.96. The lowest BCUT2D eigenvalue weighted by molar-refractivity contribution is -0.135. The van der Waals surface area contributed by atoms with Crippen LogP contribution in [0.5, 0.6) is 0 Å². The molecule has 6 nitrogen and oxygen atoms in total. The third-order valence-corrected chi connectivity index (χ3v) is 5.01. The molecule has 6 heteroatoms. The van der Waals surface area contributed by atoms with Crippen molar-refractivity contribution in [3.05, 3.63) is 0 Å². The average Bonchev–Trinajstić information content (AvgIpc) is 2.56. The molecule has 0 aromatic rings. The van der Waals surface area contributed by atoms with Crippen LogP contribution in [0.3, 0.4) is 0 Å². The van der Waals surface area contributed by atoms with Crippen molar-refractivity contribution in [1.29, 1.82) is 0 Å². The largest absolute Gasteiger partial charge is 0.342 e. The summed E-state index contributed by atoms with van der Waals surface area (Å²) >= 11 is 0. The van der Waals surface area contributed by atoms with E-state index in [-0.39, 0.29) is 23.9 Å². The van der Waals surface area contributed by atoms with Gasteiger partial charge in [0.2, 0.25) is 5.91 Å². The average molecular weight is 324 g/mol. The predicted octanol–water partition coefficient (Wildman–Crippen LogP) is 1.46. The Morgan fingerprint density at radius 2 is 1.57 bits per heavy atom. The van der Waals surface area contributed by atoms with Gasteiger partial charge in [0.15, 0.2) is 0 Å². The Bertz CT molecular complexity index is 388. The van der Waals surface area contributed by atoms with Crippen LogP contribution in [-0.4, -0.2) is 55.6 Å². The quantitative estimate of drug-likeness (QED) is 0.717. The van der Waals surface area contributed by atoms with Gasteiger partial charge in [-0.25, -0.2) is 4.79 Å². The molecule has 3 N–H and O–H groups in total. The van der Waals surface area contributed by atoms with Crippen molar-refractivity contribution in [2.75, 3.05) is 26.7 Å². The molecule has 2 fully saturated rings. The summed E-state index contributed by atoms with van der Waals surface area (Å²) in [5.41, 5.74) is 0. The highest BCUT2D eigenvalue weighted by atomic mass is 16.2. The van der Waals surface area contributed by atoms with E-state index >= 15 is 0 Å². The van der Waals surface area contributed by atoms with Crippen molar-refractivity contribution < 1.29 is 9.59 Å². The molecule has 0 radical (unpaired) electrons. The zero-order valence-electron chi connectivity index (χ0n) is 14.6. The fraction of sp³-hybridized carbons (Fsp3) is 0.882. The molecule has 3 amide bonds. The summed E-state index contributed by atoms with van der Waals surface area (Å²) in [6, 6.07) is 0.486. The van der Waals surface area contributed by atoms with Gasteiger partial charge in [-0.1, -0.05) is 26.2 Å². The van der Waals surface area contributed by atoms with Gasteiger partial charge < -0.3 is 20.9 Å². The fourth-order valence-electron chi connectivity index (χ4n) is 3.61. The normalized spacial score (nSPS) is 21.7. The van der Waals surface area contributed by atoms with Gasteiger partial charge in [0.05, 0.1) is 0 Å². The van der Waals surface area contributed by atoms with Gasteiger partial charge in [0, 0.05) is 37.6 Å².